The summed E-state index contributed by atoms with van der Waals surface area (Å²) < 4.78 is 0. The summed E-state index contributed by atoms with van der Waals surface area (Å²) in [4.78, 5) is 34.6. The second-order valence-corrected chi connectivity index (χ2v) is 7.14. The van der Waals surface area contributed by atoms with Crippen molar-refractivity contribution in [2.45, 2.75) is 26.3 Å². The molecule has 1 aromatic carbocycles. The van der Waals surface area contributed by atoms with Crippen molar-refractivity contribution in [3.8, 4) is 0 Å². The molecule has 2 aromatic rings. The number of rotatable bonds is 5. The molecule has 1 fully saturated rings. The normalized spacial score (nSPS) is 16.0. The first-order chi connectivity index (χ1) is 13.4. The second kappa shape index (κ2) is 8.39. The lowest BCUT2D eigenvalue weighted by Crippen LogP contribution is -2.32. The monoisotopic (exact) mass is 399 g/mol. The Morgan fingerprint density at radius 1 is 1.36 bits per heavy atom. The van der Waals surface area contributed by atoms with Crippen molar-refractivity contribution >= 4 is 35.1 Å². The maximum absolute atomic E-state index is 12.8. The van der Waals surface area contributed by atoms with Gasteiger partial charge >= 0.3 is 0 Å². The molecule has 2 amide bonds. The van der Waals surface area contributed by atoms with Crippen molar-refractivity contribution in [1.82, 2.24) is 14.9 Å². The standard InChI is InChI=1S/C20H22ClN5O2/c1-4-18(27)25-17-6-5-14(9-12(17)2)19(28)26-8-7-15(11-26)24-20-22-10-16(21)13(3)23-20/h4-6,9-10,15H,1,7-8,11H2,2-3H3,(H,25,27)(H,22,23,24). The van der Waals surface area contributed by atoms with E-state index < -0.39 is 0 Å². The van der Waals surface area contributed by atoms with Gasteiger partial charge in [0.1, 0.15) is 0 Å². The van der Waals surface area contributed by atoms with Crippen molar-refractivity contribution in [3.05, 3.63) is 58.9 Å². The van der Waals surface area contributed by atoms with Crippen LogP contribution in [0.3, 0.4) is 0 Å². The number of halogens is 1. The molecule has 1 aliphatic rings. The number of aryl methyl sites for hydroxylation is 2. The van der Waals surface area contributed by atoms with Gasteiger partial charge in [-0.3, -0.25) is 9.59 Å². The Morgan fingerprint density at radius 3 is 2.82 bits per heavy atom. The molecule has 1 aromatic heterocycles. The van der Waals surface area contributed by atoms with Crippen LogP contribution in [0.15, 0.2) is 37.1 Å². The Bertz CT molecular complexity index is 931. The van der Waals surface area contributed by atoms with Gasteiger partial charge in [0.25, 0.3) is 5.91 Å². The lowest BCUT2D eigenvalue weighted by molar-refractivity contribution is -0.111. The molecule has 28 heavy (non-hydrogen) atoms. The van der Waals surface area contributed by atoms with Crippen molar-refractivity contribution < 1.29 is 9.59 Å². The number of anilines is 2. The third-order valence-corrected chi connectivity index (χ3v) is 5.02. The summed E-state index contributed by atoms with van der Waals surface area (Å²) in [5.41, 5.74) is 2.79. The van der Waals surface area contributed by atoms with Crippen LogP contribution in [0, 0.1) is 13.8 Å². The number of hydrogen-bond donors (Lipinski definition) is 2. The van der Waals surface area contributed by atoms with Gasteiger partial charge < -0.3 is 15.5 Å². The lowest BCUT2D eigenvalue weighted by atomic mass is 10.1. The summed E-state index contributed by atoms with van der Waals surface area (Å²) in [6.07, 6.45) is 3.59. The minimum atomic E-state index is -0.282. The predicted octanol–water partition coefficient (Wildman–Crippen LogP) is 3.20. The molecule has 3 rings (SSSR count). The number of aromatic nitrogens is 2. The fourth-order valence-electron chi connectivity index (χ4n) is 3.07. The summed E-state index contributed by atoms with van der Waals surface area (Å²) >= 11 is 5.96. The molecule has 2 N–H and O–H groups in total. The Labute approximate surface area is 168 Å². The van der Waals surface area contributed by atoms with Crippen LogP contribution >= 0.6 is 11.6 Å². The van der Waals surface area contributed by atoms with E-state index in [1.807, 2.05) is 13.8 Å². The lowest BCUT2D eigenvalue weighted by Gasteiger charge is -2.18. The molecule has 0 aliphatic carbocycles. The van der Waals surface area contributed by atoms with Gasteiger partial charge in [0, 0.05) is 30.4 Å². The van der Waals surface area contributed by atoms with Crippen LogP contribution in [0.25, 0.3) is 0 Å². The topological polar surface area (TPSA) is 87.2 Å². The maximum Gasteiger partial charge on any atom is 0.253 e. The fourth-order valence-corrected chi connectivity index (χ4v) is 3.16. The summed E-state index contributed by atoms with van der Waals surface area (Å²) in [6, 6.07) is 5.32. The Morgan fingerprint density at radius 2 is 2.14 bits per heavy atom. The first-order valence-corrected chi connectivity index (χ1v) is 9.34. The molecule has 8 heteroatoms. The number of carbonyl (C=O) groups excluding carboxylic acids is 2. The van der Waals surface area contributed by atoms with Crippen LogP contribution in [0.4, 0.5) is 11.6 Å². The molecule has 7 nitrogen and oxygen atoms in total. The van der Waals surface area contributed by atoms with E-state index in [9.17, 15) is 9.59 Å². The number of carbonyl (C=O) groups is 2. The minimum absolute atomic E-state index is 0.0396. The number of hydrogen-bond acceptors (Lipinski definition) is 5. The molecule has 0 spiro atoms. The first-order valence-electron chi connectivity index (χ1n) is 8.96. The van der Waals surface area contributed by atoms with Crippen LogP contribution in [0.5, 0.6) is 0 Å². The zero-order valence-corrected chi connectivity index (χ0v) is 16.6. The van der Waals surface area contributed by atoms with E-state index in [1.54, 1.807) is 29.3 Å². The third-order valence-electron chi connectivity index (χ3n) is 4.64. The van der Waals surface area contributed by atoms with Gasteiger partial charge in [0.15, 0.2) is 0 Å². The van der Waals surface area contributed by atoms with Crippen molar-refractivity contribution in [1.29, 1.82) is 0 Å². The maximum atomic E-state index is 12.8. The summed E-state index contributed by atoms with van der Waals surface area (Å²) in [7, 11) is 0. The number of nitrogens with zero attached hydrogens (tertiary/aromatic N) is 3. The summed E-state index contributed by atoms with van der Waals surface area (Å²) in [5.74, 6) is 0.192. The van der Waals surface area contributed by atoms with Gasteiger partial charge in [-0.1, -0.05) is 18.2 Å². The van der Waals surface area contributed by atoms with Crippen LogP contribution in [-0.4, -0.2) is 45.8 Å². The SMILES string of the molecule is C=CC(=O)Nc1ccc(C(=O)N2CCC(Nc3ncc(Cl)c(C)n3)C2)cc1C. The van der Waals surface area contributed by atoms with Gasteiger partial charge in [-0.15, -0.1) is 0 Å². The van der Waals surface area contributed by atoms with E-state index in [2.05, 4.69) is 27.2 Å². The molecule has 0 saturated carbocycles. The Balaban J connectivity index is 1.63. The van der Waals surface area contributed by atoms with E-state index in [-0.39, 0.29) is 17.9 Å². The first kappa shape index (κ1) is 19.8. The Kier molecular flexibility index (Phi) is 5.94. The fraction of sp³-hybridized carbons (Fsp3) is 0.300. The van der Waals surface area contributed by atoms with Crippen molar-refractivity contribution in [2.75, 3.05) is 23.7 Å². The molecule has 1 saturated heterocycles. The molecular weight excluding hydrogens is 378 g/mol. The highest BCUT2D eigenvalue weighted by Crippen LogP contribution is 2.21. The number of nitrogens with one attached hydrogen (secondary N) is 2. The molecule has 1 atom stereocenters. The molecule has 1 aliphatic heterocycles. The largest absolute Gasteiger partial charge is 0.350 e. The van der Waals surface area contributed by atoms with E-state index in [4.69, 9.17) is 11.6 Å². The van der Waals surface area contributed by atoms with Gasteiger partial charge in [-0.25, -0.2) is 9.97 Å². The average Bonchev–Trinajstić information content (AvgIpc) is 3.14. The molecule has 0 bridgehead atoms. The highest BCUT2D eigenvalue weighted by Gasteiger charge is 2.27. The van der Waals surface area contributed by atoms with E-state index >= 15 is 0 Å². The molecule has 0 radical (unpaired) electrons. The molecule has 1 unspecified atom stereocenters. The summed E-state index contributed by atoms with van der Waals surface area (Å²) in [5, 5.41) is 6.51. The molecule has 2 heterocycles. The van der Waals surface area contributed by atoms with Crippen molar-refractivity contribution in [2.24, 2.45) is 0 Å². The van der Waals surface area contributed by atoms with E-state index in [1.165, 1.54) is 6.08 Å². The summed E-state index contributed by atoms with van der Waals surface area (Å²) in [6.45, 7) is 8.33. The molecular formula is C20H22ClN5O2. The van der Waals surface area contributed by atoms with E-state index in [0.29, 0.717) is 41.0 Å². The number of likely N-dealkylation sites (tertiary alicyclic amines) is 1. The zero-order valence-electron chi connectivity index (χ0n) is 15.8. The highest BCUT2D eigenvalue weighted by molar-refractivity contribution is 6.31. The zero-order chi connectivity index (χ0) is 20.3. The minimum Gasteiger partial charge on any atom is -0.350 e. The van der Waals surface area contributed by atoms with Crippen LogP contribution in [0.1, 0.15) is 28.0 Å². The number of benzene rings is 1. The van der Waals surface area contributed by atoms with Crippen LogP contribution in [-0.2, 0) is 4.79 Å². The number of amides is 2. The predicted molar refractivity (Wildman–Crippen MR) is 110 cm³/mol. The average molecular weight is 400 g/mol. The van der Waals surface area contributed by atoms with Gasteiger partial charge in [0.05, 0.1) is 16.9 Å². The second-order valence-electron chi connectivity index (χ2n) is 6.73. The third kappa shape index (κ3) is 4.48. The van der Waals surface area contributed by atoms with Gasteiger partial charge in [-0.05, 0) is 50.1 Å². The smallest absolute Gasteiger partial charge is 0.253 e. The molecule has 146 valence electrons. The van der Waals surface area contributed by atoms with Gasteiger partial charge in [-0.2, -0.15) is 0 Å². The quantitative estimate of drug-likeness (QED) is 0.754. The van der Waals surface area contributed by atoms with Crippen molar-refractivity contribution in [3.63, 3.8) is 0 Å². The van der Waals surface area contributed by atoms with E-state index in [0.717, 1.165) is 12.0 Å². The van der Waals surface area contributed by atoms with Crippen LogP contribution in [0.2, 0.25) is 5.02 Å². The highest BCUT2D eigenvalue weighted by atomic mass is 35.5. The van der Waals surface area contributed by atoms with Gasteiger partial charge in [0.2, 0.25) is 11.9 Å². The Hall–Kier alpha value is -2.93. The van der Waals surface area contributed by atoms with Crippen LogP contribution < -0.4 is 10.6 Å².